The van der Waals surface area contributed by atoms with Gasteiger partial charge in [-0.3, -0.25) is 24.5 Å². The largest absolute Gasteiger partial charge is 0.480 e. The molecular formula is C21H19ClN4O6. The molecule has 2 aromatic rings. The van der Waals surface area contributed by atoms with E-state index in [-0.39, 0.29) is 29.0 Å². The first-order valence-electron chi connectivity index (χ1n) is 9.83. The maximum Gasteiger partial charge on any atom is 0.322 e. The van der Waals surface area contributed by atoms with Crippen LogP contribution in [0.2, 0.25) is 0 Å². The number of rotatable bonds is 6. The third kappa shape index (κ3) is 3.96. The molecule has 0 aliphatic carbocycles. The zero-order chi connectivity index (χ0) is 23.0. The molecule has 0 bridgehead atoms. The maximum absolute atomic E-state index is 13.3. The van der Waals surface area contributed by atoms with Crippen LogP contribution in [-0.4, -0.2) is 52.8 Å². The molecule has 32 heavy (non-hydrogen) atoms. The fourth-order valence-corrected chi connectivity index (χ4v) is 4.33. The molecule has 2 aliphatic heterocycles. The summed E-state index contributed by atoms with van der Waals surface area (Å²) in [7, 11) is 0. The Balaban J connectivity index is 1.53. The van der Waals surface area contributed by atoms with Crippen molar-refractivity contribution >= 4 is 46.4 Å². The number of anilines is 2. The SMILES string of the molecule is O=C(O)CNC(=O)c1ccc2c(c1)NC(C(=O)N1C[C@H](CCl)c3ccc([N+](=O)[O-])cc31)C2. The fourth-order valence-electron chi connectivity index (χ4n) is 4.07. The van der Waals surface area contributed by atoms with Crippen LogP contribution >= 0.6 is 11.6 Å². The number of non-ortho nitro benzene ring substituents is 1. The van der Waals surface area contributed by atoms with Crippen LogP contribution in [0.4, 0.5) is 17.1 Å². The zero-order valence-electron chi connectivity index (χ0n) is 16.7. The Hall–Kier alpha value is -3.66. The summed E-state index contributed by atoms with van der Waals surface area (Å²) in [6.45, 7) is -0.164. The number of carbonyl (C=O) groups is 3. The van der Waals surface area contributed by atoms with Crippen molar-refractivity contribution in [3.63, 3.8) is 0 Å². The van der Waals surface area contributed by atoms with Gasteiger partial charge in [0.2, 0.25) is 5.91 Å². The Morgan fingerprint density at radius 2 is 2.03 bits per heavy atom. The first kappa shape index (κ1) is 21.6. The Morgan fingerprint density at radius 3 is 2.72 bits per heavy atom. The lowest BCUT2D eigenvalue weighted by Crippen LogP contribution is -2.41. The number of benzene rings is 2. The molecule has 0 saturated heterocycles. The van der Waals surface area contributed by atoms with E-state index in [1.165, 1.54) is 17.0 Å². The molecule has 0 aromatic heterocycles. The van der Waals surface area contributed by atoms with E-state index in [1.807, 2.05) is 0 Å². The second-order valence-corrected chi connectivity index (χ2v) is 7.96. The van der Waals surface area contributed by atoms with Gasteiger partial charge < -0.3 is 20.6 Å². The van der Waals surface area contributed by atoms with Crippen LogP contribution in [0.25, 0.3) is 0 Å². The molecule has 2 heterocycles. The van der Waals surface area contributed by atoms with Crippen molar-refractivity contribution in [3.8, 4) is 0 Å². The molecule has 11 heteroatoms. The molecule has 0 saturated carbocycles. The van der Waals surface area contributed by atoms with Gasteiger partial charge in [0.15, 0.2) is 0 Å². The third-order valence-corrected chi connectivity index (χ3v) is 6.01. The van der Waals surface area contributed by atoms with Gasteiger partial charge >= 0.3 is 5.97 Å². The molecule has 0 radical (unpaired) electrons. The molecule has 10 nitrogen and oxygen atoms in total. The van der Waals surface area contributed by atoms with Crippen molar-refractivity contribution in [2.75, 3.05) is 29.2 Å². The first-order chi connectivity index (χ1) is 15.3. The van der Waals surface area contributed by atoms with Crippen LogP contribution in [0.5, 0.6) is 0 Å². The highest BCUT2D eigenvalue weighted by molar-refractivity contribution is 6.18. The molecule has 2 aliphatic rings. The molecule has 0 fully saturated rings. The monoisotopic (exact) mass is 458 g/mol. The van der Waals surface area contributed by atoms with E-state index < -0.39 is 29.4 Å². The summed E-state index contributed by atoms with van der Waals surface area (Å²) in [5, 5.41) is 25.3. The van der Waals surface area contributed by atoms with E-state index in [1.54, 1.807) is 24.3 Å². The Labute approximate surface area is 187 Å². The van der Waals surface area contributed by atoms with Crippen LogP contribution < -0.4 is 15.5 Å². The lowest BCUT2D eigenvalue weighted by Gasteiger charge is -2.22. The number of carbonyl (C=O) groups excluding carboxylic acids is 2. The van der Waals surface area contributed by atoms with Crippen molar-refractivity contribution < 1.29 is 24.4 Å². The van der Waals surface area contributed by atoms with Gasteiger partial charge in [0, 0.05) is 48.1 Å². The van der Waals surface area contributed by atoms with E-state index in [0.29, 0.717) is 24.3 Å². The van der Waals surface area contributed by atoms with Gasteiger partial charge in [-0.2, -0.15) is 0 Å². The fraction of sp³-hybridized carbons (Fsp3) is 0.286. The van der Waals surface area contributed by atoms with Crippen LogP contribution in [0.15, 0.2) is 36.4 Å². The predicted molar refractivity (Wildman–Crippen MR) is 116 cm³/mol. The second kappa shape index (κ2) is 8.46. The van der Waals surface area contributed by atoms with Crippen molar-refractivity contribution in [1.82, 2.24) is 5.32 Å². The van der Waals surface area contributed by atoms with Crippen molar-refractivity contribution in [1.29, 1.82) is 0 Å². The van der Waals surface area contributed by atoms with Gasteiger partial charge in [-0.15, -0.1) is 11.6 Å². The number of amides is 2. The summed E-state index contributed by atoms with van der Waals surface area (Å²) in [4.78, 5) is 48.3. The number of hydrogen-bond acceptors (Lipinski definition) is 6. The van der Waals surface area contributed by atoms with Crippen LogP contribution in [0.3, 0.4) is 0 Å². The molecule has 1 unspecified atom stereocenters. The van der Waals surface area contributed by atoms with Gasteiger partial charge in [-0.05, 0) is 29.3 Å². The normalized spacial score (nSPS) is 18.5. The van der Waals surface area contributed by atoms with Gasteiger partial charge in [-0.1, -0.05) is 6.07 Å². The summed E-state index contributed by atoms with van der Waals surface area (Å²) >= 11 is 6.07. The van der Waals surface area contributed by atoms with Crippen molar-refractivity contribution in [2.45, 2.75) is 18.4 Å². The van der Waals surface area contributed by atoms with Gasteiger partial charge in [-0.25, -0.2) is 0 Å². The number of nitro benzene ring substituents is 1. The van der Waals surface area contributed by atoms with Gasteiger partial charge in [0.05, 0.1) is 10.6 Å². The Kier molecular flexibility index (Phi) is 5.70. The maximum atomic E-state index is 13.3. The lowest BCUT2D eigenvalue weighted by atomic mass is 10.0. The third-order valence-electron chi connectivity index (χ3n) is 5.63. The zero-order valence-corrected chi connectivity index (χ0v) is 17.5. The molecule has 2 aromatic carbocycles. The quantitative estimate of drug-likeness (QED) is 0.342. The highest BCUT2D eigenvalue weighted by Gasteiger charge is 2.38. The number of nitrogens with zero attached hydrogens (tertiary/aromatic N) is 2. The molecule has 166 valence electrons. The average molecular weight is 459 g/mol. The van der Waals surface area contributed by atoms with E-state index in [0.717, 1.165) is 11.1 Å². The number of halogens is 1. The average Bonchev–Trinajstić information content (AvgIpc) is 3.37. The highest BCUT2D eigenvalue weighted by atomic mass is 35.5. The van der Waals surface area contributed by atoms with Crippen LogP contribution in [0.1, 0.15) is 27.4 Å². The number of carboxylic acids is 1. The molecule has 2 amide bonds. The minimum Gasteiger partial charge on any atom is -0.480 e. The summed E-state index contributed by atoms with van der Waals surface area (Å²) in [6.07, 6.45) is 0.386. The summed E-state index contributed by atoms with van der Waals surface area (Å²) in [6, 6.07) is 8.71. The smallest absolute Gasteiger partial charge is 0.322 e. The van der Waals surface area contributed by atoms with E-state index in [9.17, 15) is 24.5 Å². The highest BCUT2D eigenvalue weighted by Crippen LogP contribution is 2.40. The number of hydrogen-bond donors (Lipinski definition) is 3. The van der Waals surface area contributed by atoms with Gasteiger partial charge in [0.1, 0.15) is 12.6 Å². The number of nitro groups is 1. The van der Waals surface area contributed by atoms with Crippen molar-refractivity contribution in [2.24, 2.45) is 0 Å². The summed E-state index contributed by atoms with van der Waals surface area (Å²) in [5.41, 5.74) is 2.91. The standard InChI is InChI=1S/C21H19ClN4O6/c22-8-13-10-25(18-7-14(26(31)32)3-4-15(13)18)21(30)17-5-11-1-2-12(6-16(11)24-17)20(29)23-9-19(27)28/h1-4,6-7,13,17,24H,5,8-10H2,(H,23,29)(H,27,28)/t13-,17?/m0/s1. The number of nitrogens with one attached hydrogen (secondary N) is 2. The van der Waals surface area contributed by atoms with Gasteiger partial charge in [0.25, 0.3) is 11.6 Å². The molecule has 0 spiro atoms. The molecule has 4 rings (SSSR count). The predicted octanol–water partition coefficient (Wildman–Crippen LogP) is 2.11. The molecule has 2 atom stereocenters. The van der Waals surface area contributed by atoms with E-state index in [2.05, 4.69) is 10.6 Å². The second-order valence-electron chi connectivity index (χ2n) is 7.65. The topological polar surface area (TPSA) is 142 Å². The first-order valence-corrected chi connectivity index (χ1v) is 10.4. The molecular weight excluding hydrogens is 440 g/mol. The van der Waals surface area contributed by atoms with E-state index in [4.69, 9.17) is 16.7 Å². The summed E-state index contributed by atoms with van der Waals surface area (Å²) in [5.74, 6) is -1.76. The number of aliphatic carboxylic acids is 1. The number of carboxylic acid groups (broad SMARTS) is 1. The molecule has 3 N–H and O–H groups in total. The minimum absolute atomic E-state index is 0.101. The van der Waals surface area contributed by atoms with Crippen molar-refractivity contribution in [3.05, 3.63) is 63.2 Å². The number of alkyl halides is 1. The summed E-state index contributed by atoms with van der Waals surface area (Å²) < 4.78 is 0. The lowest BCUT2D eigenvalue weighted by molar-refractivity contribution is -0.384. The Bertz CT molecular complexity index is 1140. The Morgan fingerprint density at radius 1 is 1.25 bits per heavy atom. The van der Waals surface area contributed by atoms with Crippen LogP contribution in [-0.2, 0) is 16.0 Å². The number of fused-ring (bicyclic) bond motifs is 2. The van der Waals surface area contributed by atoms with Crippen LogP contribution in [0, 0.1) is 10.1 Å². The van der Waals surface area contributed by atoms with E-state index >= 15 is 0 Å². The minimum atomic E-state index is -1.15.